The zero-order valence-corrected chi connectivity index (χ0v) is 14.7. The predicted molar refractivity (Wildman–Crippen MR) is 94.3 cm³/mol. The molecule has 0 bridgehead atoms. The maximum atomic E-state index is 12.1. The van der Waals surface area contributed by atoms with E-state index in [9.17, 15) is 4.79 Å². The number of halogens is 1. The second-order valence-corrected chi connectivity index (χ2v) is 5.87. The Labute approximate surface area is 147 Å². The second-order valence-electron chi connectivity index (χ2n) is 4.95. The average molecular weight is 388 g/mol. The number of nitrogens with zero attached hydrogens (tertiary/aromatic N) is 1. The van der Waals surface area contributed by atoms with Crippen molar-refractivity contribution in [3.63, 3.8) is 0 Å². The summed E-state index contributed by atoms with van der Waals surface area (Å²) >= 11 is 3.39. The number of rotatable bonds is 4. The van der Waals surface area contributed by atoms with E-state index in [2.05, 4.69) is 20.9 Å². The van der Waals surface area contributed by atoms with Gasteiger partial charge in [0.05, 0.1) is 14.2 Å². The molecule has 0 N–H and O–H groups in total. The van der Waals surface area contributed by atoms with Crippen molar-refractivity contribution in [2.75, 3.05) is 14.2 Å². The highest BCUT2D eigenvalue weighted by molar-refractivity contribution is 9.10. The summed E-state index contributed by atoms with van der Waals surface area (Å²) in [6.45, 7) is 0. The average Bonchev–Trinajstić information content (AvgIpc) is 2.96. The number of carbonyl (C=O) groups excluding carboxylic acids is 1. The van der Waals surface area contributed by atoms with Crippen LogP contribution in [0.1, 0.15) is 11.1 Å². The van der Waals surface area contributed by atoms with Crippen molar-refractivity contribution in [1.29, 1.82) is 0 Å². The molecule has 0 atom stereocenters. The molecule has 0 radical (unpaired) electrons. The van der Waals surface area contributed by atoms with Crippen molar-refractivity contribution in [2.24, 2.45) is 4.99 Å². The summed E-state index contributed by atoms with van der Waals surface area (Å²) in [6, 6.07) is 12.7. The molecule has 2 aromatic rings. The van der Waals surface area contributed by atoms with Crippen LogP contribution in [-0.2, 0) is 9.53 Å². The molecule has 0 fully saturated rings. The number of benzene rings is 2. The zero-order chi connectivity index (χ0) is 17.1. The van der Waals surface area contributed by atoms with Gasteiger partial charge in [-0.1, -0.05) is 22.0 Å². The Balaban J connectivity index is 1.97. The molecule has 1 aliphatic rings. The minimum atomic E-state index is -0.497. The first-order valence-corrected chi connectivity index (χ1v) is 7.90. The molecule has 1 heterocycles. The smallest absolute Gasteiger partial charge is 0.363 e. The van der Waals surface area contributed by atoms with Crippen LogP contribution in [0.25, 0.3) is 6.08 Å². The van der Waals surface area contributed by atoms with Crippen LogP contribution in [0, 0.1) is 0 Å². The summed E-state index contributed by atoms with van der Waals surface area (Å²) in [7, 11) is 3.13. The highest BCUT2D eigenvalue weighted by atomic mass is 79.9. The molecule has 2 aromatic carbocycles. The van der Waals surface area contributed by atoms with Gasteiger partial charge in [0.2, 0.25) is 5.90 Å². The van der Waals surface area contributed by atoms with Crippen LogP contribution in [0.2, 0.25) is 0 Å². The Morgan fingerprint density at radius 2 is 1.96 bits per heavy atom. The van der Waals surface area contributed by atoms with Crippen molar-refractivity contribution >= 4 is 33.9 Å². The van der Waals surface area contributed by atoms with Crippen LogP contribution in [-0.4, -0.2) is 26.1 Å². The number of cyclic esters (lactones) is 1. The molecule has 0 saturated carbocycles. The normalized spacial score (nSPS) is 15.2. The van der Waals surface area contributed by atoms with Crippen LogP contribution in [0.15, 0.2) is 57.6 Å². The summed E-state index contributed by atoms with van der Waals surface area (Å²) in [5.41, 5.74) is 1.65. The lowest BCUT2D eigenvalue weighted by Crippen LogP contribution is -2.05. The fraction of sp³-hybridized carbons (Fsp3) is 0.111. The van der Waals surface area contributed by atoms with Crippen LogP contribution >= 0.6 is 15.9 Å². The number of hydrogen-bond donors (Lipinski definition) is 0. The van der Waals surface area contributed by atoms with Crippen LogP contribution in [0.4, 0.5) is 0 Å². The fourth-order valence-corrected chi connectivity index (χ4v) is 2.64. The number of esters is 1. The summed E-state index contributed by atoms with van der Waals surface area (Å²) in [5.74, 6) is 1.03. The highest BCUT2D eigenvalue weighted by Gasteiger charge is 2.24. The Morgan fingerprint density at radius 1 is 1.12 bits per heavy atom. The molecule has 24 heavy (non-hydrogen) atoms. The number of ether oxygens (including phenoxy) is 3. The minimum absolute atomic E-state index is 0.216. The summed E-state index contributed by atoms with van der Waals surface area (Å²) in [4.78, 5) is 16.4. The van der Waals surface area contributed by atoms with Gasteiger partial charge in [-0.05, 0) is 36.4 Å². The quantitative estimate of drug-likeness (QED) is 0.591. The standard InChI is InChI=1S/C18H14BrNO4/c1-22-14-7-6-11(16(10-14)23-2)9-15-18(21)24-17(20-15)12-4-3-5-13(19)8-12/h3-10H,1-2H3. The number of aliphatic imine (C=N–C) groups is 1. The number of methoxy groups -OCH3 is 2. The van der Waals surface area contributed by atoms with Crippen molar-refractivity contribution in [3.05, 3.63) is 63.8 Å². The van der Waals surface area contributed by atoms with E-state index in [1.54, 1.807) is 38.5 Å². The first kappa shape index (κ1) is 16.3. The molecule has 0 spiro atoms. The van der Waals surface area contributed by atoms with E-state index in [0.29, 0.717) is 17.1 Å². The topological polar surface area (TPSA) is 57.1 Å². The molecule has 0 aromatic heterocycles. The molecule has 0 unspecified atom stereocenters. The van der Waals surface area contributed by atoms with Gasteiger partial charge in [0.15, 0.2) is 5.70 Å². The van der Waals surface area contributed by atoms with Gasteiger partial charge >= 0.3 is 5.97 Å². The lowest BCUT2D eigenvalue weighted by atomic mass is 10.1. The highest BCUT2D eigenvalue weighted by Crippen LogP contribution is 2.28. The molecule has 1 aliphatic heterocycles. The molecule has 0 amide bonds. The summed E-state index contributed by atoms with van der Waals surface area (Å²) in [5, 5.41) is 0. The van der Waals surface area contributed by atoms with Crippen molar-refractivity contribution in [3.8, 4) is 11.5 Å². The molecule has 5 nitrogen and oxygen atoms in total. The van der Waals surface area contributed by atoms with E-state index in [1.807, 2.05) is 24.3 Å². The van der Waals surface area contributed by atoms with E-state index in [-0.39, 0.29) is 11.6 Å². The maximum Gasteiger partial charge on any atom is 0.363 e. The Bertz CT molecular complexity index is 858. The molecule has 122 valence electrons. The SMILES string of the molecule is COc1ccc(C=C2N=C(c3cccc(Br)c3)OC2=O)c(OC)c1. The van der Waals surface area contributed by atoms with Gasteiger partial charge in [-0.3, -0.25) is 0 Å². The minimum Gasteiger partial charge on any atom is -0.497 e. The van der Waals surface area contributed by atoms with E-state index in [4.69, 9.17) is 14.2 Å². The van der Waals surface area contributed by atoms with E-state index < -0.39 is 5.97 Å². The van der Waals surface area contributed by atoms with Gasteiger partial charge in [-0.15, -0.1) is 0 Å². The van der Waals surface area contributed by atoms with Gasteiger partial charge in [0.1, 0.15) is 11.5 Å². The van der Waals surface area contributed by atoms with Gasteiger partial charge in [-0.2, -0.15) is 0 Å². The van der Waals surface area contributed by atoms with E-state index >= 15 is 0 Å². The molecule has 0 aliphatic carbocycles. The van der Waals surface area contributed by atoms with Crippen molar-refractivity contribution < 1.29 is 19.0 Å². The maximum absolute atomic E-state index is 12.1. The molecular formula is C18H14BrNO4. The number of carbonyl (C=O) groups is 1. The van der Waals surface area contributed by atoms with Gasteiger partial charge < -0.3 is 14.2 Å². The third-order valence-electron chi connectivity index (χ3n) is 3.42. The molecular weight excluding hydrogens is 374 g/mol. The third kappa shape index (κ3) is 3.33. The lowest BCUT2D eigenvalue weighted by molar-refractivity contribution is -0.129. The van der Waals surface area contributed by atoms with Crippen molar-refractivity contribution in [2.45, 2.75) is 0 Å². The molecule has 0 saturated heterocycles. The monoisotopic (exact) mass is 387 g/mol. The lowest BCUT2D eigenvalue weighted by Gasteiger charge is -2.07. The van der Waals surface area contributed by atoms with Crippen LogP contribution in [0.5, 0.6) is 11.5 Å². The molecule has 3 rings (SSSR count). The van der Waals surface area contributed by atoms with E-state index in [1.165, 1.54) is 0 Å². The van der Waals surface area contributed by atoms with Crippen LogP contribution < -0.4 is 9.47 Å². The first-order chi connectivity index (χ1) is 11.6. The van der Waals surface area contributed by atoms with Crippen molar-refractivity contribution in [1.82, 2.24) is 0 Å². The van der Waals surface area contributed by atoms with Gasteiger partial charge in [0, 0.05) is 21.7 Å². The Kier molecular flexibility index (Phi) is 4.66. The van der Waals surface area contributed by atoms with Gasteiger partial charge in [0.25, 0.3) is 0 Å². The Morgan fingerprint density at radius 3 is 2.67 bits per heavy atom. The first-order valence-electron chi connectivity index (χ1n) is 7.11. The van der Waals surface area contributed by atoms with E-state index in [0.717, 1.165) is 10.0 Å². The van der Waals surface area contributed by atoms with Crippen LogP contribution in [0.3, 0.4) is 0 Å². The zero-order valence-electron chi connectivity index (χ0n) is 13.1. The second kappa shape index (κ2) is 6.88. The number of hydrogen-bond acceptors (Lipinski definition) is 5. The van der Waals surface area contributed by atoms with Gasteiger partial charge in [-0.25, -0.2) is 9.79 Å². The summed E-state index contributed by atoms with van der Waals surface area (Å²) in [6.07, 6.45) is 1.63. The third-order valence-corrected chi connectivity index (χ3v) is 3.92. The Hall–Kier alpha value is -2.60. The predicted octanol–water partition coefficient (Wildman–Crippen LogP) is 3.81. The molecule has 6 heteroatoms. The largest absolute Gasteiger partial charge is 0.497 e. The summed E-state index contributed by atoms with van der Waals surface area (Å²) < 4.78 is 16.6. The fourth-order valence-electron chi connectivity index (χ4n) is 2.24.